The van der Waals surface area contributed by atoms with Crippen molar-refractivity contribution in [1.29, 1.82) is 0 Å². The zero-order chi connectivity index (χ0) is 25.8. The maximum Gasteiger partial charge on any atom is 0.272 e. The van der Waals surface area contributed by atoms with Gasteiger partial charge in [-0.3, -0.25) is 9.69 Å². The number of nitrogens with zero attached hydrogens (tertiary/aromatic N) is 4. The van der Waals surface area contributed by atoms with Crippen molar-refractivity contribution >= 4 is 35.2 Å². The number of piperazine rings is 1. The van der Waals surface area contributed by atoms with E-state index in [4.69, 9.17) is 23.2 Å². The molecular weight excluding hydrogens is 510 g/mol. The maximum absolute atomic E-state index is 14.6. The lowest BCUT2D eigenvalue weighted by Gasteiger charge is -2.34. The van der Waals surface area contributed by atoms with Gasteiger partial charge in [-0.05, 0) is 42.0 Å². The van der Waals surface area contributed by atoms with Crippen LogP contribution in [0, 0.1) is 5.82 Å². The minimum absolute atomic E-state index is 0.166. The molecular formula is C29H25Cl2FN4O. The van der Waals surface area contributed by atoms with E-state index in [0.717, 1.165) is 25.2 Å². The fraction of sp³-hybridized carbons (Fsp3) is 0.172. The molecule has 1 saturated heterocycles. The van der Waals surface area contributed by atoms with Crippen LogP contribution in [0.3, 0.4) is 0 Å². The summed E-state index contributed by atoms with van der Waals surface area (Å²) in [5, 5.41) is 5.34. The van der Waals surface area contributed by atoms with Crippen LogP contribution in [0.1, 0.15) is 16.1 Å². The van der Waals surface area contributed by atoms with Crippen molar-refractivity contribution in [1.82, 2.24) is 19.6 Å². The number of rotatable bonds is 6. The Morgan fingerprint density at radius 1 is 0.892 bits per heavy atom. The predicted octanol–water partition coefficient (Wildman–Crippen LogP) is 6.46. The molecule has 0 bridgehead atoms. The van der Waals surface area contributed by atoms with E-state index in [2.05, 4.69) is 34.3 Å². The summed E-state index contributed by atoms with van der Waals surface area (Å²) in [5.74, 6) is -0.571. The fourth-order valence-electron chi connectivity index (χ4n) is 4.35. The number of hydrogen-bond donors (Lipinski definition) is 0. The van der Waals surface area contributed by atoms with E-state index in [1.165, 1.54) is 10.7 Å². The first-order valence-corrected chi connectivity index (χ1v) is 12.8. The molecule has 4 aromatic rings. The Bertz CT molecular complexity index is 1430. The van der Waals surface area contributed by atoms with E-state index in [1.807, 2.05) is 23.1 Å². The number of carbonyl (C=O) groups excluding carboxylic acids is 1. The van der Waals surface area contributed by atoms with Crippen molar-refractivity contribution < 1.29 is 9.18 Å². The van der Waals surface area contributed by atoms with Crippen LogP contribution in [-0.4, -0.2) is 58.2 Å². The first-order chi connectivity index (χ1) is 18.0. The molecule has 0 saturated carbocycles. The molecule has 2 heterocycles. The first kappa shape index (κ1) is 25.2. The molecule has 0 unspecified atom stereocenters. The van der Waals surface area contributed by atoms with Crippen molar-refractivity contribution in [3.8, 4) is 16.9 Å². The van der Waals surface area contributed by atoms with Crippen molar-refractivity contribution in [3.05, 3.63) is 112 Å². The topological polar surface area (TPSA) is 41.4 Å². The predicted molar refractivity (Wildman–Crippen MR) is 147 cm³/mol. The summed E-state index contributed by atoms with van der Waals surface area (Å²) in [4.78, 5) is 17.8. The Morgan fingerprint density at radius 3 is 2.35 bits per heavy atom. The van der Waals surface area contributed by atoms with Crippen molar-refractivity contribution in [2.75, 3.05) is 32.7 Å². The molecule has 1 aliphatic rings. The molecule has 188 valence electrons. The normalized spacial score (nSPS) is 14.4. The minimum atomic E-state index is -0.405. The van der Waals surface area contributed by atoms with Crippen LogP contribution in [0.15, 0.2) is 84.9 Å². The van der Waals surface area contributed by atoms with Crippen LogP contribution in [0.2, 0.25) is 10.0 Å². The third-order valence-electron chi connectivity index (χ3n) is 6.36. The van der Waals surface area contributed by atoms with E-state index in [-0.39, 0.29) is 5.91 Å². The lowest BCUT2D eigenvalue weighted by molar-refractivity contribution is 0.0641. The van der Waals surface area contributed by atoms with Crippen LogP contribution >= 0.6 is 23.2 Å². The summed E-state index contributed by atoms with van der Waals surface area (Å²) < 4.78 is 16.1. The minimum Gasteiger partial charge on any atom is -0.335 e. The summed E-state index contributed by atoms with van der Waals surface area (Å²) in [6.45, 7) is 3.49. The van der Waals surface area contributed by atoms with Gasteiger partial charge in [0, 0.05) is 38.3 Å². The second-order valence-electron chi connectivity index (χ2n) is 8.81. The molecule has 0 atom stereocenters. The van der Waals surface area contributed by atoms with Gasteiger partial charge in [0.15, 0.2) is 0 Å². The summed E-state index contributed by atoms with van der Waals surface area (Å²) in [6, 6.07) is 23.2. The Hall–Kier alpha value is -3.45. The Kier molecular flexibility index (Phi) is 7.70. The number of benzene rings is 3. The van der Waals surface area contributed by atoms with Gasteiger partial charge in [-0.2, -0.15) is 5.10 Å². The quantitative estimate of drug-likeness (QED) is 0.285. The molecule has 3 aromatic carbocycles. The molecule has 37 heavy (non-hydrogen) atoms. The number of carbonyl (C=O) groups is 1. The van der Waals surface area contributed by atoms with Crippen molar-refractivity contribution in [2.45, 2.75) is 0 Å². The summed E-state index contributed by atoms with van der Waals surface area (Å²) in [7, 11) is 0. The average Bonchev–Trinajstić information content (AvgIpc) is 3.36. The highest BCUT2D eigenvalue weighted by Gasteiger charge is 2.26. The molecule has 1 amide bonds. The van der Waals surface area contributed by atoms with Crippen LogP contribution in [0.25, 0.3) is 23.0 Å². The Morgan fingerprint density at radius 2 is 1.62 bits per heavy atom. The molecule has 8 heteroatoms. The molecule has 5 rings (SSSR count). The summed E-state index contributed by atoms with van der Waals surface area (Å²) >= 11 is 12.4. The average molecular weight is 535 g/mol. The zero-order valence-electron chi connectivity index (χ0n) is 20.0. The van der Waals surface area contributed by atoms with Crippen LogP contribution in [0.4, 0.5) is 4.39 Å². The van der Waals surface area contributed by atoms with Crippen LogP contribution < -0.4 is 0 Å². The molecule has 5 nitrogen and oxygen atoms in total. The van der Waals surface area contributed by atoms with Crippen molar-refractivity contribution in [2.24, 2.45) is 0 Å². The lowest BCUT2D eigenvalue weighted by atomic mass is 10.1. The van der Waals surface area contributed by atoms with Gasteiger partial charge in [-0.15, -0.1) is 0 Å². The van der Waals surface area contributed by atoms with Gasteiger partial charge >= 0.3 is 0 Å². The summed E-state index contributed by atoms with van der Waals surface area (Å²) in [6.07, 6.45) is 4.25. The second-order valence-corrected chi connectivity index (χ2v) is 9.63. The molecule has 0 N–H and O–H groups in total. The first-order valence-electron chi connectivity index (χ1n) is 12.0. The third kappa shape index (κ3) is 5.77. The standard InChI is InChI=1S/C29H25Cl2FN4O/c30-24-13-12-22(19-25(24)31)36-28(20-27(33-36)23-10-4-5-11-26(23)32)29(37)35-17-15-34(16-18-35)14-6-9-21-7-2-1-3-8-21/h1-13,19-20H,14-18H2/b9-6+. The lowest BCUT2D eigenvalue weighted by Crippen LogP contribution is -2.49. The summed E-state index contributed by atoms with van der Waals surface area (Å²) in [5.41, 5.74) is 2.78. The highest BCUT2D eigenvalue weighted by molar-refractivity contribution is 6.42. The third-order valence-corrected chi connectivity index (χ3v) is 7.10. The molecule has 1 aliphatic heterocycles. The number of amides is 1. The zero-order valence-corrected chi connectivity index (χ0v) is 21.5. The number of halogens is 3. The smallest absolute Gasteiger partial charge is 0.272 e. The van der Waals surface area contributed by atoms with Crippen LogP contribution in [-0.2, 0) is 0 Å². The van der Waals surface area contributed by atoms with Gasteiger partial charge in [0.25, 0.3) is 5.91 Å². The van der Waals surface area contributed by atoms with Gasteiger partial charge < -0.3 is 4.90 Å². The SMILES string of the molecule is O=C(c1cc(-c2ccccc2F)nn1-c1ccc(Cl)c(Cl)c1)N1CCN(C/C=C/c2ccccc2)CC1. The van der Waals surface area contributed by atoms with E-state index in [9.17, 15) is 9.18 Å². The highest BCUT2D eigenvalue weighted by atomic mass is 35.5. The number of hydrogen-bond acceptors (Lipinski definition) is 3. The van der Waals surface area contributed by atoms with E-state index >= 15 is 0 Å². The molecule has 0 aliphatic carbocycles. The largest absolute Gasteiger partial charge is 0.335 e. The van der Waals surface area contributed by atoms with Crippen LogP contribution in [0.5, 0.6) is 0 Å². The van der Waals surface area contributed by atoms with E-state index < -0.39 is 5.82 Å². The molecule has 1 fully saturated rings. The molecule has 1 aromatic heterocycles. The van der Waals surface area contributed by atoms with Gasteiger partial charge in [0.2, 0.25) is 0 Å². The van der Waals surface area contributed by atoms with Crippen molar-refractivity contribution in [3.63, 3.8) is 0 Å². The highest BCUT2D eigenvalue weighted by Crippen LogP contribution is 2.28. The van der Waals surface area contributed by atoms with Gasteiger partial charge in [0.1, 0.15) is 11.5 Å². The monoisotopic (exact) mass is 534 g/mol. The van der Waals surface area contributed by atoms with E-state index in [0.29, 0.717) is 45.8 Å². The van der Waals surface area contributed by atoms with Gasteiger partial charge in [-0.25, -0.2) is 9.07 Å². The van der Waals surface area contributed by atoms with Gasteiger partial charge in [-0.1, -0.05) is 77.8 Å². The molecule has 0 radical (unpaired) electrons. The molecule has 0 spiro atoms. The second kappa shape index (κ2) is 11.3. The van der Waals surface area contributed by atoms with Gasteiger partial charge in [0.05, 0.1) is 21.4 Å². The Labute approximate surface area is 225 Å². The maximum atomic E-state index is 14.6. The number of aromatic nitrogens is 2. The fourth-order valence-corrected chi connectivity index (χ4v) is 4.64. The van der Waals surface area contributed by atoms with E-state index in [1.54, 1.807) is 42.5 Å². The Balaban J connectivity index is 1.35.